The summed E-state index contributed by atoms with van der Waals surface area (Å²) in [6.45, 7) is 6.54. The van der Waals surface area contributed by atoms with E-state index in [2.05, 4.69) is 20.8 Å². The van der Waals surface area contributed by atoms with Crippen LogP contribution in [0.15, 0.2) is 0 Å². The quantitative estimate of drug-likeness (QED) is 0.369. The number of alkyl halides is 1. The Labute approximate surface area is 120 Å². The molecule has 18 heavy (non-hydrogen) atoms. The van der Waals surface area contributed by atoms with E-state index in [0.29, 0.717) is 5.92 Å². The minimum absolute atomic E-state index is 0.0734. The van der Waals surface area contributed by atoms with Crippen molar-refractivity contribution >= 4 is 11.6 Å². The maximum absolute atomic E-state index is 6.20. The fourth-order valence-corrected chi connectivity index (χ4v) is 2.81. The van der Waals surface area contributed by atoms with Crippen molar-refractivity contribution in [2.24, 2.45) is 11.7 Å². The summed E-state index contributed by atoms with van der Waals surface area (Å²) < 4.78 is 0. The van der Waals surface area contributed by atoms with Gasteiger partial charge in [0.15, 0.2) is 0 Å². The molecular formula is C16H34ClN. The Morgan fingerprint density at radius 1 is 0.889 bits per heavy atom. The van der Waals surface area contributed by atoms with Gasteiger partial charge in [-0.05, 0) is 32.6 Å². The van der Waals surface area contributed by atoms with Gasteiger partial charge in [-0.3, -0.25) is 0 Å². The van der Waals surface area contributed by atoms with Gasteiger partial charge in [-0.2, -0.15) is 0 Å². The predicted molar refractivity (Wildman–Crippen MR) is 84.3 cm³/mol. The first-order valence-corrected chi connectivity index (χ1v) is 8.40. The summed E-state index contributed by atoms with van der Waals surface area (Å²) in [6.07, 6.45) is 13.4. The normalized spacial score (nSPS) is 13.8. The van der Waals surface area contributed by atoms with E-state index in [9.17, 15) is 0 Å². The number of nitrogens with two attached hydrogens (primary N) is 1. The summed E-state index contributed by atoms with van der Waals surface area (Å²) in [6, 6.07) is 0. The Morgan fingerprint density at radius 3 is 1.83 bits per heavy atom. The topological polar surface area (TPSA) is 26.0 Å². The largest absolute Gasteiger partial charge is 0.325 e. The zero-order valence-electron chi connectivity index (χ0n) is 12.8. The first-order valence-electron chi connectivity index (χ1n) is 7.87. The molecule has 1 atom stereocenters. The fraction of sp³-hybridized carbons (Fsp3) is 1.00. The first kappa shape index (κ1) is 18.2. The third kappa shape index (κ3) is 10.2. The molecule has 0 rings (SSSR count). The van der Waals surface area contributed by atoms with Crippen LogP contribution in [0.5, 0.6) is 0 Å². The Morgan fingerprint density at radius 2 is 1.39 bits per heavy atom. The van der Waals surface area contributed by atoms with Gasteiger partial charge < -0.3 is 5.73 Å². The van der Waals surface area contributed by atoms with Crippen LogP contribution in [0.25, 0.3) is 0 Å². The number of hydrogen-bond acceptors (Lipinski definition) is 1. The fourth-order valence-electron chi connectivity index (χ4n) is 2.54. The Hall–Kier alpha value is 0.250. The molecule has 0 saturated heterocycles. The van der Waals surface area contributed by atoms with Crippen LogP contribution in [0.4, 0.5) is 0 Å². The summed E-state index contributed by atoms with van der Waals surface area (Å²) in [5.74, 6) is 1.32. The molecule has 0 heterocycles. The van der Waals surface area contributed by atoms with E-state index in [1.807, 2.05) is 0 Å². The molecule has 1 unspecified atom stereocenters. The highest BCUT2D eigenvalue weighted by Crippen LogP contribution is 2.25. The van der Waals surface area contributed by atoms with Crippen molar-refractivity contribution in [3.05, 3.63) is 0 Å². The molecule has 0 spiro atoms. The average molecular weight is 276 g/mol. The number of hydrogen-bond donors (Lipinski definition) is 1. The monoisotopic (exact) mass is 275 g/mol. The third-order valence-electron chi connectivity index (χ3n) is 3.92. The SMILES string of the molecule is CCCCCCCCCCC(CCCl)C(C)(C)N. The molecule has 0 bridgehead atoms. The van der Waals surface area contributed by atoms with E-state index in [1.165, 1.54) is 57.8 Å². The molecule has 0 saturated carbocycles. The number of halogens is 1. The van der Waals surface area contributed by atoms with Crippen molar-refractivity contribution in [3.8, 4) is 0 Å². The van der Waals surface area contributed by atoms with Gasteiger partial charge in [0.05, 0.1) is 0 Å². The van der Waals surface area contributed by atoms with Crippen LogP contribution in [-0.4, -0.2) is 11.4 Å². The van der Waals surface area contributed by atoms with E-state index in [4.69, 9.17) is 17.3 Å². The molecule has 0 aliphatic carbocycles. The summed E-state index contributed by atoms with van der Waals surface area (Å²) in [7, 11) is 0. The molecule has 0 aliphatic heterocycles. The van der Waals surface area contributed by atoms with Crippen LogP contribution in [0.2, 0.25) is 0 Å². The van der Waals surface area contributed by atoms with Gasteiger partial charge in [0.1, 0.15) is 0 Å². The summed E-state index contributed by atoms with van der Waals surface area (Å²) in [5.41, 5.74) is 6.13. The molecule has 1 nitrogen and oxygen atoms in total. The molecule has 2 heteroatoms. The highest BCUT2D eigenvalue weighted by atomic mass is 35.5. The van der Waals surface area contributed by atoms with Crippen LogP contribution in [0, 0.1) is 5.92 Å². The van der Waals surface area contributed by atoms with Crippen molar-refractivity contribution in [2.45, 2.75) is 90.5 Å². The van der Waals surface area contributed by atoms with Gasteiger partial charge in [0.25, 0.3) is 0 Å². The van der Waals surface area contributed by atoms with E-state index in [1.54, 1.807) is 0 Å². The lowest BCUT2D eigenvalue weighted by atomic mass is 9.82. The van der Waals surface area contributed by atoms with Gasteiger partial charge >= 0.3 is 0 Å². The lowest BCUT2D eigenvalue weighted by Crippen LogP contribution is -2.41. The van der Waals surface area contributed by atoms with Crippen LogP contribution < -0.4 is 5.73 Å². The molecule has 2 N–H and O–H groups in total. The highest BCUT2D eigenvalue weighted by molar-refractivity contribution is 6.17. The molecule has 0 aromatic carbocycles. The van der Waals surface area contributed by atoms with Crippen molar-refractivity contribution in [1.29, 1.82) is 0 Å². The molecule has 0 aromatic rings. The van der Waals surface area contributed by atoms with Gasteiger partial charge in [0, 0.05) is 11.4 Å². The van der Waals surface area contributed by atoms with Gasteiger partial charge in [-0.25, -0.2) is 0 Å². The van der Waals surface area contributed by atoms with Crippen molar-refractivity contribution in [1.82, 2.24) is 0 Å². The maximum Gasteiger partial charge on any atom is 0.0226 e. The lowest BCUT2D eigenvalue weighted by molar-refractivity contribution is 0.285. The molecule has 0 aromatic heterocycles. The predicted octanol–water partition coefficient (Wildman–Crippen LogP) is 5.50. The van der Waals surface area contributed by atoms with Gasteiger partial charge in [-0.1, -0.05) is 58.3 Å². The Kier molecular flexibility index (Phi) is 11.3. The van der Waals surface area contributed by atoms with Crippen molar-refractivity contribution in [3.63, 3.8) is 0 Å². The summed E-state index contributed by atoms with van der Waals surface area (Å²) in [4.78, 5) is 0. The highest BCUT2D eigenvalue weighted by Gasteiger charge is 2.23. The van der Waals surface area contributed by atoms with Crippen LogP contribution in [-0.2, 0) is 0 Å². The van der Waals surface area contributed by atoms with E-state index < -0.39 is 0 Å². The molecule has 0 fully saturated rings. The molecule has 0 aliphatic rings. The maximum atomic E-state index is 6.20. The van der Waals surface area contributed by atoms with E-state index in [-0.39, 0.29) is 5.54 Å². The molecule has 0 amide bonds. The summed E-state index contributed by atoms with van der Waals surface area (Å²) in [5, 5.41) is 0. The average Bonchev–Trinajstić information content (AvgIpc) is 2.30. The number of unbranched alkanes of at least 4 members (excludes halogenated alkanes) is 7. The summed E-state index contributed by atoms with van der Waals surface area (Å²) >= 11 is 5.86. The standard InChI is InChI=1S/C16H34ClN/c1-4-5-6-7-8-9-10-11-12-15(13-14-17)16(2,3)18/h15H,4-14,18H2,1-3H3. The second kappa shape index (κ2) is 11.1. The second-order valence-corrected chi connectivity index (χ2v) is 6.64. The lowest BCUT2D eigenvalue weighted by Gasteiger charge is -2.30. The zero-order chi connectivity index (χ0) is 13.9. The second-order valence-electron chi connectivity index (χ2n) is 6.26. The smallest absolute Gasteiger partial charge is 0.0226 e. The van der Waals surface area contributed by atoms with Crippen molar-refractivity contribution in [2.75, 3.05) is 5.88 Å². The van der Waals surface area contributed by atoms with Gasteiger partial charge in [-0.15, -0.1) is 11.6 Å². The van der Waals surface area contributed by atoms with E-state index in [0.717, 1.165) is 12.3 Å². The Balaban J connectivity index is 3.50. The van der Waals surface area contributed by atoms with E-state index >= 15 is 0 Å². The number of rotatable bonds is 12. The third-order valence-corrected chi connectivity index (χ3v) is 4.13. The van der Waals surface area contributed by atoms with Crippen LogP contribution in [0.1, 0.15) is 85.0 Å². The van der Waals surface area contributed by atoms with Crippen molar-refractivity contribution < 1.29 is 0 Å². The first-order chi connectivity index (χ1) is 8.52. The van der Waals surface area contributed by atoms with Crippen LogP contribution >= 0.6 is 11.6 Å². The molecule has 0 radical (unpaired) electrons. The minimum atomic E-state index is -0.0734. The zero-order valence-corrected chi connectivity index (χ0v) is 13.6. The van der Waals surface area contributed by atoms with Gasteiger partial charge in [0.2, 0.25) is 0 Å². The molecular weight excluding hydrogens is 242 g/mol. The minimum Gasteiger partial charge on any atom is -0.325 e. The molecule has 110 valence electrons. The Bertz CT molecular complexity index is 174. The van der Waals surface area contributed by atoms with Crippen LogP contribution in [0.3, 0.4) is 0 Å².